The molecule has 1 aromatic rings. The molecule has 0 unspecified atom stereocenters. The zero-order valence-corrected chi connectivity index (χ0v) is 13.0. The average Bonchev–Trinajstić information content (AvgIpc) is 3.05. The van der Waals surface area contributed by atoms with E-state index in [4.69, 9.17) is 9.15 Å². The minimum atomic E-state index is -0.500. The summed E-state index contributed by atoms with van der Waals surface area (Å²) in [5.74, 6) is 1.14. The summed E-state index contributed by atoms with van der Waals surface area (Å²) in [6, 6.07) is -0.220. The van der Waals surface area contributed by atoms with Crippen LogP contribution in [0.25, 0.3) is 0 Å². The first kappa shape index (κ1) is 14.9. The fraction of sp³-hybridized carbons (Fsp3) is 0.733. The lowest BCUT2D eigenvalue weighted by Crippen LogP contribution is -2.38. The van der Waals surface area contributed by atoms with Crippen molar-refractivity contribution in [3.8, 4) is 0 Å². The van der Waals surface area contributed by atoms with Crippen LogP contribution in [0.2, 0.25) is 0 Å². The Morgan fingerprint density at radius 1 is 1.55 bits per heavy atom. The summed E-state index contributed by atoms with van der Waals surface area (Å²) >= 11 is 0. The van der Waals surface area contributed by atoms with E-state index in [-0.39, 0.29) is 12.1 Å². The van der Waals surface area contributed by atoms with Crippen LogP contribution in [0.1, 0.15) is 71.0 Å². The largest absolute Gasteiger partial charge is 0.446 e. The van der Waals surface area contributed by atoms with Gasteiger partial charge in [0.25, 0.3) is 0 Å². The second-order valence-corrected chi connectivity index (χ2v) is 6.33. The van der Waals surface area contributed by atoms with Crippen LogP contribution >= 0.6 is 0 Å². The van der Waals surface area contributed by atoms with Gasteiger partial charge in [-0.15, -0.1) is 0 Å². The minimum Gasteiger partial charge on any atom is -0.446 e. The Balaban J connectivity index is 2.06. The Hall–Kier alpha value is -1.52. The highest BCUT2D eigenvalue weighted by atomic mass is 16.6. The van der Waals surface area contributed by atoms with Gasteiger partial charge in [0.2, 0.25) is 5.89 Å². The normalized spacial score (nSPS) is 16.9. The molecule has 1 amide bonds. The van der Waals surface area contributed by atoms with Crippen LogP contribution in [0.4, 0.5) is 4.79 Å². The number of rotatable bonds is 4. The minimum absolute atomic E-state index is 0.220. The van der Waals surface area contributed by atoms with Crippen LogP contribution in [0, 0.1) is 0 Å². The van der Waals surface area contributed by atoms with E-state index >= 15 is 0 Å². The molecule has 2 rings (SSSR count). The lowest BCUT2D eigenvalue weighted by atomic mass is 10.2. The van der Waals surface area contributed by atoms with Gasteiger partial charge in [-0.3, -0.25) is 4.90 Å². The number of oxazole rings is 1. The summed E-state index contributed by atoms with van der Waals surface area (Å²) in [7, 11) is 0. The van der Waals surface area contributed by atoms with Gasteiger partial charge in [-0.25, -0.2) is 9.78 Å². The monoisotopic (exact) mass is 280 g/mol. The van der Waals surface area contributed by atoms with Gasteiger partial charge < -0.3 is 9.15 Å². The van der Waals surface area contributed by atoms with Crippen LogP contribution in [0.15, 0.2) is 10.7 Å². The number of carbonyl (C=O) groups excluding carboxylic acids is 1. The third kappa shape index (κ3) is 3.52. The van der Waals surface area contributed by atoms with Gasteiger partial charge >= 0.3 is 6.09 Å². The molecule has 0 radical (unpaired) electrons. The van der Waals surface area contributed by atoms with E-state index in [0.717, 1.165) is 5.69 Å². The lowest BCUT2D eigenvalue weighted by molar-refractivity contribution is 0.0162. The van der Waals surface area contributed by atoms with Crippen molar-refractivity contribution in [2.24, 2.45) is 0 Å². The van der Waals surface area contributed by atoms with Gasteiger partial charge in [-0.05, 0) is 47.5 Å². The fourth-order valence-corrected chi connectivity index (χ4v) is 2.07. The molecular formula is C15H24N2O3. The van der Waals surface area contributed by atoms with E-state index in [0.29, 0.717) is 18.4 Å². The molecule has 1 fully saturated rings. The maximum absolute atomic E-state index is 12.2. The molecule has 0 N–H and O–H groups in total. The maximum atomic E-state index is 12.2. The summed E-state index contributed by atoms with van der Waals surface area (Å²) in [5.41, 5.74) is 0.507. The topological polar surface area (TPSA) is 55.6 Å². The summed E-state index contributed by atoms with van der Waals surface area (Å²) in [4.78, 5) is 18.3. The van der Waals surface area contributed by atoms with Crippen LogP contribution in [-0.4, -0.2) is 28.1 Å². The average molecular weight is 280 g/mol. The number of amides is 1. The van der Waals surface area contributed by atoms with Gasteiger partial charge in [-0.1, -0.05) is 0 Å². The molecule has 0 bridgehead atoms. The molecule has 1 heterocycles. The standard InChI is InChI=1S/C15H24N2O3/c1-6-17(14(18)20-15(3,4)5)10(2)13-16-12(9-19-13)11-7-8-11/h9-11H,6-8H2,1-5H3/t10-/m1/s1. The van der Waals surface area contributed by atoms with Crippen molar-refractivity contribution >= 4 is 6.09 Å². The van der Waals surface area contributed by atoms with E-state index in [1.807, 2.05) is 34.6 Å². The predicted octanol–water partition coefficient (Wildman–Crippen LogP) is 3.87. The number of nitrogens with zero attached hydrogens (tertiary/aromatic N) is 2. The molecule has 1 aromatic heterocycles. The van der Waals surface area contributed by atoms with Gasteiger partial charge in [0.15, 0.2) is 0 Å². The first-order valence-electron chi connectivity index (χ1n) is 7.26. The van der Waals surface area contributed by atoms with Crippen molar-refractivity contribution in [3.63, 3.8) is 0 Å². The molecule has 1 aliphatic rings. The SMILES string of the molecule is CCN(C(=O)OC(C)(C)C)[C@H](C)c1nc(C2CC2)co1. The van der Waals surface area contributed by atoms with E-state index in [1.54, 1.807) is 11.2 Å². The third-order valence-electron chi connectivity index (χ3n) is 3.33. The van der Waals surface area contributed by atoms with Crippen molar-refractivity contribution in [2.45, 2.75) is 65.0 Å². The van der Waals surface area contributed by atoms with Crippen molar-refractivity contribution in [1.82, 2.24) is 9.88 Å². The number of hydrogen-bond acceptors (Lipinski definition) is 4. The van der Waals surface area contributed by atoms with Crippen molar-refractivity contribution in [1.29, 1.82) is 0 Å². The van der Waals surface area contributed by atoms with Crippen molar-refractivity contribution in [2.75, 3.05) is 6.54 Å². The Kier molecular flexibility index (Phi) is 4.06. The molecule has 5 heteroatoms. The molecule has 5 nitrogen and oxygen atoms in total. The summed E-state index contributed by atoms with van der Waals surface area (Å²) in [6.45, 7) is 9.97. The van der Waals surface area contributed by atoms with Gasteiger partial charge in [-0.2, -0.15) is 0 Å². The molecule has 0 aromatic carbocycles. The number of ether oxygens (including phenoxy) is 1. The zero-order valence-electron chi connectivity index (χ0n) is 13.0. The zero-order chi connectivity index (χ0) is 14.9. The van der Waals surface area contributed by atoms with Crippen molar-refractivity contribution in [3.05, 3.63) is 17.8 Å². The van der Waals surface area contributed by atoms with Gasteiger partial charge in [0.05, 0.1) is 5.69 Å². The highest BCUT2D eigenvalue weighted by Crippen LogP contribution is 2.40. The van der Waals surface area contributed by atoms with Gasteiger partial charge in [0.1, 0.15) is 17.9 Å². The van der Waals surface area contributed by atoms with Crippen LogP contribution in [0.5, 0.6) is 0 Å². The lowest BCUT2D eigenvalue weighted by Gasteiger charge is -2.29. The summed E-state index contributed by atoms with van der Waals surface area (Å²) in [5, 5.41) is 0. The van der Waals surface area contributed by atoms with Crippen LogP contribution in [0.3, 0.4) is 0 Å². The Bertz CT molecular complexity index is 472. The van der Waals surface area contributed by atoms with Gasteiger partial charge in [0, 0.05) is 12.5 Å². The first-order chi connectivity index (χ1) is 9.31. The smallest absolute Gasteiger partial charge is 0.410 e. The molecule has 0 aliphatic heterocycles. The highest BCUT2D eigenvalue weighted by molar-refractivity contribution is 5.68. The van der Waals surface area contributed by atoms with E-state index in [1.165, 1.54) is 12.8 Å². The molecule has 0 spiro atoms. The fourth-order valence-electron chi connectivity index (χ4n) is 2.07. The molecule has 20 heavy (non-hydrogen) atoms. The van der Waals surface area contributed by atoms with E-state index < -0.39 is 5.60 Å². The second kappa shape index (κ2) is 5.46. The molecule has 112 valence electrons. The molecule has 1 atom stereocenters. The number of carbonyl (C=O) groups is 1. The molecule has 1 saturated carbocycles. The van der Waals surface area contributed by atoms with Crippen molar-refractivity contribution < 1.29 is 13.9 Å². The quantitative estimate of drug-likeness (QED) is 0.840. The van der Waals surface area contributed by atoms with E-state index in [9.17, 15) is 4.79 Å². The third-order valence-corrected chi connectivity index (χ3v) is 3.33. The molecule has 1 aliphatic carbocycles. The summed E-state index contributed by atoms with van der Waals surface area (Å²) < 4.78 is 10.9. The Morgan fingerprint density at radius 3 is 2.70 bits per heavy atom. The molecular weight excluding hydrogens is 256 g/mol. The number of aromatic nitrogens is 1. The second-order valence-electron chi connectivity index (χ2n) is 6.33. The Morgan fingerprint density at radius 2 is 2.20 bits per heavy atom. The maximum Gasteiger partial charge on any atom is 0.410 e. The molecule has 0 saturated heterocycles. The first-order valence-corrected chi connectivity index (χ1v) is 7.26. The van der Waals surface area contributed by atoms with E-state index in [2.05, 4.69) is 4.98 Å². The van der Waals surface area contributed by atoms with Crippen LogP contribution < -0.4 is 0 Å². The predicted molar refractivity (Wildman–Crippen MR) is 75.5 cm³/mol. The number of hydrogen-bond donors (Lipinski definition) is 0. The summed E-state index contributed by atoms with van der Waals surface area (Å²) in [6.07, 6.45) is 3.75. The Labute approximate surface area is 120 Å². The van der Waals surface area contributed by atoms with Crippen LogP contribution in [-0.2, 0) is 4.74 Å². The highest BCUT2D eigenvalue weighted by Gasteiger charge is 2.31.